The smallest absolute Gasteiger partial charge is 0.231 e. The summed E-state index contributed by atoms with van der Waals surface area (Å²) in [5.74, 6) is 2.07. The lowest BCUT2D eigenvalue weighted by atomic mass is 10.1. The van der Waals surface area contributed by atoms with Gasteiger partial charge in [0.1, 0.15) is 23.9 Å². The second-order valence-corrected chi connectivity index (χ2v) is 7.09. The van der Waals surface area contributed by atoms with E-state index in [4.69, 9.17) is 14.2 Å². The van der Waals surface area contributed by atoms with E-state index >= 15 is 0 Å². The Morgan fingerprint density at radius 1 is 0.966 bits per heavy atom. The number of aryl methyl sites for hydroxylation is 2. The Morgan fingerprint density at radius 3 is 2.66 bits per heavy atom. The van der Waals surface area contributed by atoms with Gasteiger partial charge in [-0.3, -0.25) is 4.79 Å². The fraction of sp³-hybridized carbons (Fsp3) is 0.160. The largest absolute Gasteiger partial charge is 0.497 e. The van der Waals surface area contributed by atoms with Crippen LogP contribution in [0.25, 0.3) is 6.08 Å². The summed E-state index contributed by atoms with van der Waals surface area (Å²) in [6.45, 7) is 4.60. The van der Waals surface area contributed by atoms with Crippen LogP contribution in [0.15, 0.2) is 66.4 Å². The summed E-state index contributed by atoms with van der Waals surface area (Å²) in [6.07, 6.45) is 1.72. The van der Waals surface area contributed by atoms with Gasteiger partial charge >= 0.3 is 0 Å². The SMILES string of the molecule is COc1cccc(C=C2Oc3cc(OCc4cc(C)ccc4C)ccc3C2=O)c1. The number of carbonyl (C=O) groups is 1. The molecular weight excluding hydrogens is 364 g/mol. The Labute approximate surface area is 170 Å². The Morgan fingerprint density at radius 2 is 1.83 bits per heavy atom. The first kappa shape index (κ1) is 18.8. The van der Waals surface area contributed by atoms with Gasteiger partial charge in [0.2, 0.25) is 5.78 Å². The van der Waals surface area contributed by atoms with Crippen LogP contribution >= 0.6 is 0 Å². The van der Waals surface area contributed by atoms with Crippen molar-refractivity contribution in [3.63, 3.8) is 0 Å². The number of methoxy groups -OCH3 is 1. The van der Waals surface area contributed by atoms with Crippen LogP contribution in [0.4, 0.5) is 0 Å². The molecule has 1 heterocycles. The lowest BCUT2D eigenvalue weighted by Gasteiger charge is -2.10. The molecule has 29 heavy (non-hydrogen) atoms. The maximum atomic E-state index is 12.7. The molecule has 0 bridgehead atoms. The maximum absolute atomic E-state index is 12.7. The predicted molar refractivity (Wildman–Crippen MR) is 113 cm³/mol. The van der Waals surface area contributed by atoms with Crippen LogP contribution in [0.5, 0.6) is 17.2 Å². The van der Waals surface area contributed by atoms with Crippen LogP contribution in [0.3, 0.4) is 0 Å². The van der Waals surface area contributed by atoms with Gasteiger partial charge in [-0.15, -0.1) is 0 Å². The van der Waals surface area contributed by atoms with Crippen molar-refractivity contribution < 1.29 is 19.0 Å². The van der Waals surface area contributed by atoms with Gasteiger partial charge in [-0.1, -0.05) is 35.9 Å². The number of hydrogen-bond donors (Lipinski definition) is 0. The van der Waals surface area contributed by atoms with E-state index in [9.17, 15) is 4.79 Å². The van der Waals surface area contributed by atoms with Crippen molar-refractivity contribution in [2.75, 3.05) is 7.11 Å². The lowest BCUT2D eigenvalue weighted by molar-refractivity contribution is 0.101. The van der Waals surface area contributed by atoms with E-state index in [1.54, 1.807) is 31.4 Å². The summed E-state index contributed by atoms with van der Waals surface area (Å²) in [6, 6.07) is 19.1. The van der Waals surface area contributed by atoms with E-state index in [-0.39, 0.29) is 5.78 Å². The Hall–Kier alpha value is -3.53. The number of Topliss-reactive ketones (excluding diaryl/α,β-unsaturated/α-hetero) is 1. The van der Waals surface area contributed by atoms with Crippen molar-refractivity contribution in [3.8, 4) is 17.2 Å². The molecule has 1 aliphatic heterocycles. The normalized spacial score (nSPS) is 13.9. The first-order chi connectivity index (χ1) is 14.0. The van der Waals surface area contributed by atoms with Gasteiger partial charge in [-0.05, 0) is 60.9 Å². The molecule has 0 N–H and O–H groups in total. The minimum absolute atomic E-state index is 0.135. The molecule has 0 saturated heterocycles. The van der Waals surface area contributed by atoms with Crippen LogP contribution in [-0.2, 0) is 6.61 Å². The van der Waals surface area contributed by atoms with E-state index < -0.39 is 0 Å². The third kappa shape index (κ3) is 4.02. The highest BCUT2D eigenvalue weighted by Gasteiger charge is 2.27. The van der Waals surface area contributed by atoms with E-state index in [1.165, 1.54) is 11.1 Å². The molecule has 0 amide bonds. The monoisotopic (exact) mass is 386 g/mol. The fourth-order valence-electron chi connectivity index (χ4n) is 3.26. The van der Waals surface area contributed by atoms with Crippen LogP contribution in [0.1, 0.15) is 32.6 Å². The highest BCUT2D eigenvalue weighted by molar-refractivity contribution is 6.14. The lowest BCUT2D eigenvalue weighted by Crippen LogP contribution is -1.99. The minimum atomic E-state index is -0.135. The summed E-state index contributed by atoms with van der Waals surface area (Å²) in [5.41, 5.74) is 4.90. The summed E-state index contributed by atoms with van der Waals surface area (Å²) in [5, 5.41) is 0. The van der Waals surface area contributed by atoms with Gasteiger partial charge in [0.15, 0.2) is 5.76 Å². The first-order valence-electron chi connectivity index (χ1n) is 9.45. The molecule has 4 rings (SSSR count). The van der Waals surface area contributed by atoms with Crippen molar-refractivity contribution in [1.29, 1.82) is 0 Å². The van der Waals surface area contributed by atoms with E-state index in [0.717, 1.165) is 16.9 Å². The predicted octanol–water partition coefficient (Wildman–Crippen LogP) is 5.51. The van der Waals surface area contributed by atoms with Crippen LogP contribution in [-0.4, -0.2) is 12.9 Å². The third-order valence-corrected chi connectivity index (χ3v) is 4.93. The Bertz CT molecular complexity index is 1110. The topological polar surface area (TPSA) is 44.8 Å². The highest BCUT2D eigenvalue weighted by atomic mass is 16.5. The summed E-state index contributed by atoms with van der Waals surface area (Å²) < 4.78 is 17.0. The molecule has 0 atom stereocenters. The van der Waals surface area contributed by atoms with Crippen molar-refractivity contribution in [3.05, 3.63) is 94.2 Å². The van der Waals surface area contributed by atoms with Gasteiger partial charge in [0, 0.05) is 6.07 Å². The molecule has 0 aliphatic carbocycles. The summed E-state index contributed by atoms with van der Waals surface area (Å²) in [7, 11) is 1.61. The standard InChI is InChI=1S/C25H22O4/c1-16-7-8-17(2)19(11-16)15-28-21-9-10-22-23(14-21)29-24(25(22)26)13-18-5-4-6-20(12-18)27-3/h4-14H,15H2,1-3H3. The van der Waals surface area contributed by atoms with Gasteiger partial charge in [-0.25, -0.2) is 0 Å². The summed E-state index contributed by atoms with van der Waals surface area (Å²) in [4.78, 5) is 12.7. The zero-order chi connectivity index (χ0) is 20.4. The molecule has 0 fully saturated rings. The van der Waals surface area contributed by atoms with E-state index in [2.05, 4.69) is 32.0 Å². The Balaban J connectivity index is 1.52. The number of fused-ring (bicyclic) bond motifs is 1. The fourth-order valence-corrected chi connectivity index (χ4v) is 3.26. The number of hydrogen-bond acceptors (Lipinski definition) is 4. The van der Waals surface area contributed by atoms with Gasteiger partial charge in [0.05, 0.1) is 12.7 Å². The van der Waals surface area contributed by atoms with Gasteiger partial charge in [-0.2, -0.15) is 0 Å². The van der Waals surface area contributed by atoms with Crippen molar-refractivity contribution in [2.45, 2.75) is 20.5 Å². The second-order valence-electron chi connectivity index (χ2n) is 7.09. The molecule has 1 aliphatic rings. The average Bonchev–Trinajstić information content (AvgIpc) is 3.03. The molecule has 0 unspecified atom stereocenters. The van der Waals surface area contributed by atoms with Crippen LogP contribution in [0, 0.1) is 13.8 Å². The zero-order valence-electron chi connectivity index (χ0n) is 16.7. The van der Waals surface area contributed by atoms with Crippen molar-refractivity contribution >= 4 is 11.9 Å². The number of carbonyl (C=O) groups excluding carboxylic acids is 1. The second kappa shape index (κ2) is 7.84. The molecular formula is C25H22O4. The maximum Gasteiger partial charge on any atom is 0.231 e. The molecule has 4 nitrogen and oxygen atoms in total. The summed E-state index contributed by atoms with van der Waals surface area (Å²) >= 11 is 0. The molecule has 0 spiro atoms. The van der Waals surface area contributed by atoms with Gasteiger partial charge < -0.3 is 14.2 Å². The molecule has 0 aromatic heterocycles. The molecule has 0 radical (unpaired) electrons. The molecule has 146 valence electrons. The van der Waals surface area contributed by atoms with Crippen molar-refractivity contribution in [2.24, 2.45) is 0 Å². The molecule has 3 aromatic carbocycles. The minimum Gasteiger partial charge on any atom is -0.497 e. The number of rotatable bonds is 5. The Kier molecular flexibility index (Phi) is 5.09. The van der Waals surface area contributed by atoms with Crippen molar-refractivity contribution in [1.82, 2.24) is 0 Å². The molecule has 4 heteroatoms. The number of ether oxygens (including phenoxy) is 3. The third-order valence-electron chi connectivity index (χ3n) is 4.93. The van der Waals surface area contributed by atoms with Gasteiger partial charge in [0.25, 0.3) is 0 Å². The first-order valence-corrected chi connectivity index (χ1v) is 9.45. The van der Waals surface area contributed by atoms with E-state index in [0.29, 0.717) is 29.4 Å². The number of ketones is 1. The number of allylic oxidation sites excluding steroid dienone is 1. The quantitative estimate of drug-likeness (QED) is 0.543. The molecule has 0 saturated carbocycles. The highest BCUT2D eigenvalue weighted by Crippen LogP contribution is 2.35. The molecule has 3 aromatic rings. The van der Waals surface area contributed by atoms with Crippen LogP contribution < -0.4 is 14.2 Å². The zero-order valence-corrected chi connectivity index (χ0v) is 16.7. The van der Waals surface area contributed by atoms with E-state index in [1.807, 2.05) is 24.3 Å². The van der Waals surface area contributed by atoms with Crippen LogP contribution in [0.2, 0.25) is 0 Å². The number of benzene rings is 3. The average molecular weight is 386 g/mol.